The van der Waals surface area contributed by atoms with Crippen molar-refractivity contribution in [2.45, 2.75) is 70.3 Å². The number of nitrogens with two attached hydrogens (primary N) is 1. The Kier molecular flexibility index (Phi) is 5.48. The van der Waals surface area contributed by atoms with Gasteiger partial charge in [-0.3, -0.25) is 4.79 Å². The Hall–Kier alpha value is -0.570. The maximum Gasteiger partial charge on any atom is 0.223 e. The maximum atomic E-state index is 12.5. The van der Waals surface area contributed by atoms with Crippen LogP contribution in [0.4, 0.5) is 0 Å². The third-order valence-electron chi connectivity index (χ3n) is 4.64. The van der Waals surface area contributed by atoms with Crippen LogP contribution in [0.3, 0.4) is 0 Å². The number of carbonyl (C=O) groups is 1. The summed E-state index contributed by atoms with van der Waals surface area (Å²) in [6.45, 7) is 1.36. The van der Waals surface area contributed by atoms with Gasteiger partial charge in [0.25, 0.3) is 0 Å². The summed E-state index contributed by atoms with van der Waals surface area (Å²) in [5, 5.41) is 0. The Labute approximate surface area is 111 Å². The molecule has 104 valence electrons. The second kappa shape index (κ2) is 7.13. The van der Waals surface area contributed by atoms with E-state index in [0.29, 0.717) is 24.4 Å². The monoisotopic (exact) mass is 252 g/mol. The summed E-state index contributed by atoms with van der Waals surface area (Å²) >= 11 is 0. The molecule has 2 fully saturated rings. The molecule has 2 aliphatic carbocycles. The Morgan fingerprint density at radius 1 is 1.00 bits per heavy atom. The summed E-state index contributed by atoms with van der Waals surface area (Å²) in [6, 6.07) is 0.490. The van der Waals surface area contributed by atoms with E-state index in [1.165, 1.54) is 57.8 Å². The van der Waals surface area contributed by atoms with Gasteiger partial charge < -0.3 is 10.6 Å². The van der Waals surface area contributed by atoms with E-state index in [9.17, 15) is 4.79 Å². The number of nitrogens with zero attached hydrogens (tertiary/aromatic N) is 1. The molecule has 2 aliphatic rings. The summed E-state index contributed by atoms with van der Waals surface area (Å²) < 4.78 is 0. The number of carbonyl (C=O) groups excluding carboxylic acids is 1. The molecule has 0 spiro atoms. The Balaban J connectivity index is 1.85. The van der Waals surface area contributed by atoms with Crippen LogP contribution in [0.1, 0.15) is 64.2 Å². The van der Waals surface area contributed by atoms with Gasteiger partial charge in [-0.05, 0) is 31.6 Å². The molecule has 3 nitrogen and oxygen atoms in total. The zero-order valence-electron chi connectivity index (χ0n) is 11.6. The van der Waals surface area contributed by atoms with Crippen molar-refractivity contribution in [1.29, 1.82) is 0 Å². The quantitative estimate of drug-likeness (QED) is 0.817. The molecule has 0 aromatic heterocycles. The third-order valence-corrected chi connectivity index (χ3v) is 4.64. The van der Waals surface area contributed by atoms with Crippen LogP contribution in [0.15, 0.2) is 0 Å². The molecule has 0 aromatic rings. The van der Waals surface area contributed by atoms with Crippen LogP contribution in [0.25, 0.3) is 0 Å². The average molecular weight is 252 g/mol. The summed E-state index contributed by atoms with van der Waals surface area (Å²) in [7, 11) is 0. The molecule has 0 unspecified atom stereocenters. The molecular formula is C15H28N2O. The van der Waals surface area contributed by atoms with E-state index in [1.807, 2.05) is 0 Å². The van der Waals surface area contributed by atoms with Crippen LogP contribution >= 0.6 is 0 Å². The van der Waals surface area contributed by atoms with Gasteiger partial charge in [-0.25, -0.2) is 0 Å². The van der Waals surface area contributed by atoms with Crippen LogP contribution in [-0.4, -0.2) is 29.9 Å². The van der Waals surface area contributed by atoms with Gasteiger partial charge in [-0.1, -0.05) is 32.1 Å². The van der Waals surface area contributed by atoms with Gasteiger partial charge in [0.15, 0.2) is 0 Å². The van der Waals surface area contributed by atoms with Gasteiger partial charge >= 0.3 is 0 Å². The largest absolute Gasteiger partial charge is 0.338 e. The number of hydrogen-bond donors (Lipinski definition) is 1. The second-order valence-electron chi connectivity index (χ2n) is 6.02. The van der Waals surface area contributed by atoms with E-state index in [2.05, 4.69) is 4.90 Å². The second-order valence-corrected chi connectivity index (χ2v) is 6.02. The molecule has 0 bridgehead atoms. The Morgan fingerprint density at radius 2 is 1.61 bits per heavy atom. The molecule has 0 aliphatic heterocycles. The van der Waals surface area contributed by atoms with E-state index in [1.54, 1.807) is 0 Å². The van der Waals surface area contributed by atoms with Gasteiger partial charge in [-0.15, -0.1) is 0 Å². The van der Waals surface area contributed by atoms with Crippen LogP contribution in [0.5, 0.6) is 0 Å². The first kappa shape index (κ1) is 13.9. The molecular weight excluding hydrogens is 224 g/mol. The number of hydrogen-bond acceptors (Lipinski definition) is 2. The minimum absolute atomic E-state index is 0.374. The normalized spacial score (nSPS) is 22.3. The lowest BCUT2D eigenvalue weighted by atomic mass is 9.86. The topological polar surface area (TPSA) is 46.3 Å². The Bertz CT molecular complexity index is 255. The molecule has 2 saturated carbocycles. The molecule has 0 radical (unpaired) electrons. The summed E-state index contributed by atoms with van der Waals surface area (Å²) in [4.78, 5) is 14.6. The molecule has 2 N–H and O–H groups in total. The van der Waals surface area contributed by atoms with Gasteiger partial charge in [0, 0.05) is 25.6 Å². The van der Waals surface area contributed by atoms with Crippen molar-refractivity contribution in [1.82, 2.24) is 4.90 Å². The van der Waals surface area contributed by atoms with E-state index in [4.69, 9.17) is 5.73 Å². The van der Waals surface area contributed by atoms with Crippen molar-refractivity contribution in [2.75, 3.05) is 13.1 Å². The molecule has 0 atom stereocenters. The van der Waals surface area contributed by atoms with Crippen molar-refractivity contribution >= 4 is 5.91 Å². The predicted molar refractivity (Wildman–Crippen MR) is 74.2 cm³/mol. The number of rotatable bonds is 5. The standard InChI is InChI=1S/C15H28N2O/c16-10-11-17(14-8-4-5-9-14)15(18)12-13-6-2-1-3-7-13/h13-14H,1-12,16H2. The molecule has 3 heteroatoms. The highest BCUT2D eigenvalue weighted by Gasteiger charge is 2.27. The zero-order valence-corrected chi connectivity index (χ0v) is 11.6. The predicted octanol–water partition coefficient (Wildman–Crippen LogP) is 2.69. The smallest absolute Gasteiger partial charge is 0.223 e. The first-order chi connectivity index (χ1) is 8.81. The minimum Gasteiger partial charge on any atom is -0.338 e. The highest BCUT2D eigenvalue weighted by Crippen LogP contribution is 2.29. The first-order valence-electron chi connectivity index (χ1n) is 7.81. The summed E-state index contributed by atoms with van der Waals surface area (Å²) in [5.41, 5.74) is 5.67. The van der Waals surface area contributed by atoms with Crippen LogP contribution in [0, 0.1) is 5.92 Å². The average Bonchev–Trinajstić information content (AvgIpc) is 2.90. The third kappa shape index (κ3) is 3.71. The lowest BCUT2D eigenvalue weighted by Gasteiger charge is -2.31. The highest BCUT2D eigenvalue weighted by molar-refractivity contribution is 5.76. The van der Waals surface area contributed by atoms with Crippen molar-refractivity contribution in [3.63, 3.8) is 0 Å². The molecule has 0 heterocycles. The van der Waals surface area contributed by atoms with E-state index in [-0.39, 0.29) is 0 Å². The van der Waals surface area contributed by atoms with Crippen molar-refractivity contribution < 1.29 is 4.79 Å². The SMILES string of the molecule is NCCN(C(=O)CC1CCCCC1)C1CCCC1. The van der Waals surface area contributed by atoms with Crippen LogP contribution in [-0.2, 0) is 4.79 Å². The van der Waals surface area contributed by atoms with Gasteiger partial charge in [0.2, 0.25) is 5.91 Å². The van der Waals surface area contributed by atoms with Crippen molar-refractivity contribution in [3.05, 3.63) is 0 Å². The van der Waals surface area contributed by atoms with Gasteiger partial charge in [0.05, 0.1) is 0 Å². The van der Waals surface area contributed by atoms with E-state index in [0.717, 1.165) is 13.0 Å². The molecule has 1 amide bonds. The fourth-order valence-corrected chi connectivity index (χ4v) is 3.62. The molecule has 0 saturated heterocycles. The molecule has 18 heavy (non-hydrogen) atoms. The Morgan fingerprint density at radius 3 is 2.22 bits per heavy atom. The molecule has 2 rings (SSSR count). The minimum atomic E-state index is 0.374. The van der Waals surface area contributed by atoms with Gasteiger partial charge in [-0.2, -0.15) is 0 Å². The first-order valence-corrected chi connectivity index (χ1v) is 7.81. The fraction of sp³-hybridized carbons (Fsp3) is 0.933. The summed E-state index contributed by atoms with van der Waals surface area (Å²) in [6.07, 6.45) is 12.2. The zero-order chi connectivity index (χ0) is 12.8. The summed E-state index contributed by atoms with van der Waals surface area (Å²) in [5.74, 6) is 1.02. The maximum absolute atomic E-state index is 12.5. The highest BCUT2D eigenvalue weighted by atomic mass is 16.2. The number of amides is 1. The fourth-order valence-electron chi connectivity index (χ4n) is 3.62. The van der Waals surface area contributed by atoms with Gasteiger partial charge in [0.1, 0.15) is 0 Å². The van der Waals surface area contributed by atoms with Crippen molar-refractivity contribution in [3.8, 4) is 0 Å². The lowest BCUT2D eigenvalue weighted by molar-refractivity contribution is -0.134. The van der Waals surface area contributed by atoms with Crippen molar-refractivity contribution in [2.24, 2.45) is 11.7 Å². The lowest BCUT2D eigenvalue weighted by Crippen LogP contribution is -2.42. The van der Waals surface area contributed by atoms with E-state index < -0.39 is 0 Å². The van der Waals surface area contributed by atoms with E-state index >= 15 is 0 Å². The van der Waals surface area contributed by atoms with Crippen LogP contribution < -0.4 is 5.73 Å². The molecule has 0 aromatic carbocycles. The van der Waals surface area contributed by atoms with Crippen LogP contribution in [0.2, 0.25) is 0 Å².